The van der Waals surface area contributed by atoms with E-state index < -0.39 is 0 Å². The lowest BCUT2D eigenvalue weighted by Crippen LogP contribution is -2.37. The Hall–Kier alpha value is -1.22. The van der Waals surface area contributed by atoms with E-state index >= 15 is 0 Å². The van der Waals surface area contributed by atoms with E-state index in [0.717, 1.165) is 11.3 Å². The minimum absolute atomic E-state index is 0.315. The van der Waals surface area contributed by atoms with Crippen molar-refractivity contribution in [3.8, 4) is 0 Å². The zero-order valence-electron chi connectivity index (χ0n) is 7.57. The summed E-state index contributed by atoms with van der Waals surface area (Å²) in [5.41, 5.74) is 1.93. The maximum absolute atomic E-state index is 11.4. The average Bonchev–Trinajstić information content (AvgIpc) is 2.23. The zero-order valence-corrected chi connectivity index (χ0v) is 8.33. The molecule has 0 radical (unpaired) electrons. The summed E-state index contributed by atoms with van der Waals surface area (Å²) >= 11 is 5.62. The monoisotopic (exact) mass is 211 g/mol. The van der Waals surface area contributed by atoms with Gasteiger partial charge >= 0.3 is 6.09 Å². The van der Waals surface area contributed by atoms with Gasteiger partial charge in [0, 0.05) is 18.0 Å². The first-order chi connectivity index (χ1) is 6.83. The van der Waals surface area contributed by atoms with Gasteiger partial charge < -0.3 is 4.74 Å². The van der Waals surface area contributed by atoms with Gasteiger partial charge in [0.2, 0.25) is 0 Å². The molecule has 0 fully saturated rings. The number of cyclic esters (lactones) is 1. The third kappa shape index (κ3) is 1.55. The summed E-state index contributed by atoms with van der Waals surface area (Å²) in [6, 6.07) is 7.68. The van der Waals surface area contributed by atoms with Crippen LogP contribution in [0.1, 0.15) is 5.56 Å². The molecule has 0 saturated heterocycles. The van der Waals surface area contributed by atoms with Gasteiger partial charge in [0.05, 0.1) is 5.69 Å². The van der Waals surface area contributed by atoms with Crippen LogP contribution in [0.3, 0.4) is 0 Å². The van der Waals surface area contributed by atoms with Crippen LogP contribution in [-0.4, -0.2) is 18.5 Å². The molecule has 1 aliphatic rings. The number of halogens is 1. The second kappa shape index (κ2) is 3.88. The molecule has 0 aromatic heterocycles. The number of alkyl halides is 1. The first-order valence-electron chi connectivity index (χ1n) is 4.41. The molecule has 1 amide bonds. The summed E-state index contributed by atoms with van der Waals surface area (Å²) in [6.07, 6.45) is -0.315. The Morgan fingerprint density at radius 1 is 1.43 bits per heavy atom. The van der Waals surface area contributed by atoms with Gasteiger partial charge in [0.1, 0.15) is 6.61 Å². The summed E-state index contributed by atoms with van der Waals surface area (Å²) in [5, 5.41) is 0. The Morgan fingerprint density at radius 3 is 3.00 bits per heavy atom. The van der Waals surface area contributed by atoms with Gasteiger partial charge in [-0.25, -0.2) is 4.79 Å². The van der Waals surface area contributed by atoms with Crippen molar-refractivity contribution in [1.29, 1.82) is 0 Å². The lowest BCUT2D eigenvalue weighted by atomic mass is 10.1. The lowest BCUT2D eigenvalue weighted by Gasteiger charge is -2.28. The molecule has 0 saturated carbocycles. The van der Waals surface area contributed by atoms with Gasteiger partial charge in [-0.1, -0.05) is 18.2 Å². The predicted octanol–water partition coefficient (Wildman–Crippen LogP) is 2.38. The number of fused-ring (bicyclic) bond motifs is 1. The molecule has 0 unspecified atom stereocenters. The van der Waals surface area contributed by atoms with Crippen LogP contribution in [-0.2, 0) is 11.3 Å². The number of carbonyl (C=O) groups is 1. The molecule has 0 aliphatic carbocycles. The Balaban J connectivity index is 2.36. The van der Waals surface area contributed by atoms with Crippen LogP contribution in [0.2, 0.25) is 0 Å². The molecule has 0 atom stereocenters. The van der Waals surface area contributed by atoms with Crippen molar-refractivity contribution in [2.24, 2.45) is 0 Å². The van der Waals surface area contributed by atoms with E-state index in [1.165, 1.54) is 0 Å². The van der Waals surface area contributed by atoms with Gasteiger partial charge in [-0.2, -0.15) is 0 Å². The van der Waals surface area contributed by atoms with Gasteiger partial charge in [0.15, 0.2) is 0 Å². The highest BCUT2D eigenvalue weighted by Gasteiger charge is 2.24. The molecular formula is C10H10ClNO2. The SMILES string of the molecule is O=C1OCc2ccccc2N1CCCl. The molecule has 3 nitrogen and oxygen atoms in total. The Bertz CT molecular complexity index is 354. The molecule has 0 bridgehead atoms. The highest BCUT2D eigenvalue weighted by Crippen LogP contribution is 2.26. The van der Waals surface area contributed by atoms with Crippen molar-refractivity contribution in [1.82, 2.24) is 0 Å². The molecular weight excluding hydrogens is 202 g/mol. The largest absolute Gasteiger partial charge is 0.444 e. The maximum atomic E-state index is 11.4. The molecule has 1 aliphatic heterocycles. The van der Waals surface area contributed by atoms with E-state index in [-0.39, 0.29) is 6.09 Å². The predicted molar refractivity (Wildman–Crippen MR) is 54.7 cm³/mol. The fourth-order valence-corrected chi connectivity index (χ4v) is 1.68. The van der Waals surface area contributed by atoms with Gasteiger partial charge in [-0.05, 0) is 6.07 Å². The number of carbonyl (C=O) groups excluding carboxylic acids is 1. The fourth-order valence-electron chi connectivity index (χ4n) is 1.51. The molecule has 1 aromatic rings. The number of amides is 1. The van der Waals surface area contributed by atoms with Crippen LogP contribution in [0.25, 0.3) is 0 Å². The molecule has 4 heteroatoms. The lowest BCUT2D eigenvalue weighted by molar-refractivity contribution is 0.142. The third-order valence-electron chi connectivity index (χ3n) is 2.16. The average molecular weight is 212 g/mol. The zero-order chi connectivity index (χ0) is 9.97. The first-order valence-corrected chi connectivity index (χ1v) is 4.94. The number of hydrogen-bond donors (Lipinski definition) is 0. The van der Waals surface area contributed by atoms with E-state index in [4.69, 9.17) is 16.3 Å². The molecule has 1 aromatic carbocycles. The first kappa shape index (κ1) is 9.34. The summed E-state index contributed by atoms with van der Waals surface area (Å²) in [7, 11) is 0. The van der Waals surface area contributed by atoms with E-state index in [0.29, 0.717) is 19.0 Å². The minimum atomic E-state index is -0.315. The summed E-state index contributed by atoms with van der Waals surface area (Å²) in [4.78, 5) is 13.0. The Kier molecular flexibility index (Phi) is 2.59. The van der Waals surface area contributed by atoms with Crippen LogP contribution in [0, 0.1) is 0 Å². The van der Waals surface area contributed by atoms with E-state index in [1.54, 1.807) is 4.90 Å². The van der Waals surface area contributed by atoms with Crippen molar-refractivity contribution >= 4 is 23.4 Å². The van der Waals surface area contributed by atoms with Crippen molar-refractivity contribution < 1.29 is 9.53 Å². The van der Waals surface area contributed by atoms with Gasteiger partial charge in [-0.3, -0.25) is 4.90 Å². The topological polar surface area (TPSA) is 29.5 Å². The quantitative estimate of drug-likeness (QED) is 0.703. The second-order valence-corrected chi connectivity index (χ2v) is 3.40. The smallest absolute Gasteiger partial charge is 0.414 e. The highest BCUT2D eigenvalue weighted by molar-refractivity contribution is 6.18. The second-order valence-electron chi connectivity index (χ2n) is 3.02. The summed E-state index contributed by atoms with van der Waals surface area (Å²) in [5.74, 6) is 0.406. The van der Waals surface area contributed by atoms with Gasteiger partial charge in [0.25, 0.3) is 0 Å². The number of hydrogen-bond acceptors (Lipinski definition) is 2. The van der Waals surface area contributed by atoms with Gasteiger partial charge in [-0.15, -0.1) is 11.6 Å². The summed E-state index contributed by atoms with van der Waals surface area (Å²) < 4.78 is 5.00. The molecule has 74 valence electrons. The normalized spacial score (nSPS) is 14.9. The van der Waals surface area contributed by atoms with E-state index in [2.05, 4.69) is 0 Å². The van der Waals surface area contributed by atoms with Crippen LogP contribution in [0.15, 0.2) is 24.3 Å². The minimum Gasteiger partial charge on any atom is -0.444 e. The third-order valence-corrected chi connectivity index (χ3v) is 2.33. The number of nitrogens with zero attached hydrogens (tertiary/aromatic N) is 1. The van der Waals surface area contributed by atoms with Crippen molar-refractivity contribution in [3.63, 3.8) is 0 Å². The van der Waals surface area contributed by atoms with Crippen molar-refractivity contribution in [2.75, 3.05) is 17.3 Å². The van der Waals surface area contributed by atoms with Crippen molar-refractivity contribution in [3.05, 3.63) is 29.8 Å². The standard InChI is InChI=1S/C10H10ClNO2/c11-5-6-12-9-4-2-1-3-8(9)7-14-10(12)13/h1-4H,5-7H2. The number of benzene rings is 1. The number of para-hydroxylation sites is 1. The van der Waals surface area contributed by atoms with Crippen molar-refractivity contribution in [2.45, 2.75) is 6.61 Å². The molecule has 0 N–H and O–H groups in total. The summed E-state index contributed by atoms with van der Waals surface area (Å²) in [6.45, 7) is 0.838. The van der Waals surface area contributed by atoms with Crippen LogP contribution >= 0.6 is 11.6 Å². The molecule has 1 heterocycles. The molecule has 2 rings (SSSR count). The Morgan fingerprint density at radius 2 is 2.21 bits per heavy atom. The number of rotatable bonds is 2. The highest BCUT2D eigenvalue weighted by atomic mass is 35.5. The maximum Gasteiger partial charge on any atom is 0.414 e. The molecule has 0 spiro atoms. The fraction of sp³-hybridized carbons (Fsp3) is 0.300. The van der Waals surface area contributed by atoms with E-state index in [9.17, 15) is 4.79 Å². The van der Waals surface area contributed by atoms with E-state index in [1.807, 2.05) is 24.3 Å². The van der Waals surface area contributed by atoms with Crippen LogP contribution in [0.5, 0.6) is 0 Å². The van der Waals surface area contributed by atoms with Crippen LogP contribution < -0.4 is 4.90 Å². The van der Waals surface area contributed by atoms with Crippen LogP contribution in [0.4, 0.5) is 10.5 Å². The number of anilines is 1. The molecule has 14 heavy (non-hydrogen) atoms. The number of ether oxygens (including phenoxy) is 1. The Labute approximate surface area is 87.2 Å².